The zero-order valence-electron chi connectivity index (χ0n) is 12.1. The normalized spacial score (nSPS) is 15.3. The van der Waals surface area contributed by atoms with Crippen molar-refractivity contribution in [3.05, 3.63) is 34.6 Å². The topological polar surface area (TPSA) is 43.2 Å². The van der Waals surface area contributed by atoms with Crippen molar-refractivity contribution >= 4 is 29.3 Å². The number of ether oxygens (including phenoxy) is 1. The van der Waals surface area contributed by atoms with Crippen LogP contribution in [0.15, 0.2) is 23.4 Å². The summed E-state index contributed by atoms with van der Waals surface area (Å²) in [5.41, 5.74) is 0.879. The molecule has 8 heteroatoms. The number of hydrogen-bond acceptors (Lipinski definition) is 5. The first-order chi connectivity index (χ1) is 10.6. The lowest BCUT2D eigenvalue weighted by Crippen LogP contribution is -2.37. The van der Waals surface area contributed by atoms with Gasteiger partial charge >= 0.3 is 0 Å². The fourth-order valence-electron chi connectivity index (χ4n) is 2.25. The molecule has 2 aromatic rings. The van der Waals surface area contributed by atoms with Gasteiger partial charge in [-0.2, -0.15) is 0 Å². The summed E-state index contributed by atoms with van der Waals surface area (Å²) in [5.74, 6) is 1.14. The third-order valence-electron chi connectivity index (χ3n) is 3.48. The molecule has 0 atom stereocenters. The number of anilines is 1. The van der Waals surface area contributed by atoms with Gasteiger partial charge in [0.15, 0.2) is 5.16 Å². The fourth-order valence-corrected chi connectivity index (χ4v) is 3.48. The molecule has 0 saturated carbocycles. The van der Waals surface area contributed by atoms with E-state index < -0.39 is 0 Å². The van der Waals surface area contributed by atoms with Crippen LogP contribution < -0.4 is 4.90 Å². The molecule has 22 heavy (non-hydrogen) atoms. The third-order valence-corrected chi connectivity index (χ3v) is 4.90. The van der Waals surface area contributed by atoms with Crippen LogP contribution in [-0.2, 0) is 17.5 Å². The summed E-state index contributed by atoms with van der Waals surface area (Å²) >= 11 is 7.57. The molecular weight excluding hydrogens is 327 g/mol. The molecule has 0 bridgehead atoms. The maximum atomic E-state index is 13.1. The zero-order chi connectivity index (χ0) is 15.5. The molecule has 3 rings (SSSR count). The highest BCUT2D eigenvalue weighted by Crippen LogP contribution is 2.27. The summed E-state index contributed by atoms with van der Waals surface area (Å²) < 4.78 is 20.4. The summed E-state index contributed by atoms with van der Waals surface area (Å²) in [5, 5.41) is 9.73. The van der Waals surface area contributed by atoms with Crippen LogP contribution in [0.4, 0.5) is 10.3 Å². The van der Waals surface area contributed by atoms with Crippen molar-refractivity contribution in [1.82, 2.24) is 14.8 Å². The van der Waals surface area contributed by atoms with Crippen molar-refractivity contribution in [2.24, 2.45) is 7.05 Å². The number of aromatic nitrogens is 3. The second-order valence-corrected chi connectivity index (χ2v) is 6.32. The smallest absolute Gasteiger partial charge is 0.227 e. The Kier molecular flexibility index (Phi) is 4.85. The van der Waals surface area contributed by atoms with Crippen molar-refractivity contribution in [2.75, 3.05) is 31.2 Å². The summed E-state index contributed by atoms with van der Waals surface area (Å²) in [6, 6.07) is 4.44. The monoisotopic (exact) mass is 342 g/mol. The molecule has 1 fully saturated rings. The molecule has 1 aromatic carbocycles. The number of morpholine rings is 1. The number of hydrogen-bond donors (Lipinski definition) is 0. The minimum atomic E-state index is -0.327. The number of rotatable bonds is 4. The average Bonchev–Trinajstić information content (AvgIpc) is 2.88. The third kappa shape index (κ3) is 3.37. The average molecular weight is 343 g/mol. The minimum Gasteiger partial charge on any atom is -0.378 e. The van der Waals surface area contributed by atoms with Gasteiger partial charge in [-0.25, -0.2) is 4.39 Å². The van der Waals surface area contributed by atoms with Crippen LogP contribution in [0.5, 0.6) is 0 Å². The Labute approximate surface area is 137 Å². The molecule has 0 spiro atoms. The summed E-state index contributed by atoms with van der Waals surface area (Å²) in [6.07, 6.45) is 0. The number of nitrogens with zero attached hydrogens (tertiary/aromatic N) is 4. The van der Waals surface area contributed by atoms with E-state index in [0.717, 1.165) is 29.8 Å². The van der Waals surface area contributed by atoms with E-state index in [0.29, 0.717) is 24.0 Å². The van der Waals surface area contributed by atoms with Crippen LogP contribution in [0, 0.1) is 5.82 Å². The first kappa shape index (κ1) is 15.6. The van der Waals surface area contributed by atoms with Gasteiger partial charge in [0.1, 0.15) is 5.82 Å². The molecule has 0 N–H and O–H groups in total. The molecule has 1 aliphatic heterocycles. The van der Waals surface area contributed by atoms with E-state index in [1.165, 1.54) is 23.9 Å². The molecule has 2 heterocycles. The van der Waals surface area contributed by atoms with E-state index in [1.807, 2.05) is 11.6 Å². The number of halogens is 2. The van der Waals surface area contributed by atoms with Crippen molar-refractivity contribution in [2.45, 2.75) is 10.9 Å². The van der Waals surface area contributed by atoms with Crippen LogP contribution in [0.3, 0.4) is 0 Å². The van der Waals surface area contributed by atoms with Gasteiger partial charge in [0, 0.05) is 30.9 Å². The van der Waals surface area contributed by atoms with Crippen LogP contribution in [0.25, 0.3) is 0 Å². The number of benzene rings is 1. The summed E-state index contributed by atoms with van der Waals surface area (Å²) in [7, 11) is 1.94. The van der Waals surface area contributed by atoms with Crippen LogP contribution in [0.2, 0.25) is 5.02 Å². The molecule has 5 nitrogen and oxygen atoms in total. The second kappa shape index (κ2) is 6.85. The van der Waals surface area contributed by atoms with Gasteiger partial charge < -0.3 is 9.64 Å². The quantitative estimate of drug-likeness (QED) is 0.799. The molecule has 1 aromatic heterocycles. The Hall–Kier alpha value is -1.31. The van der Waals surface area contributed by atoms with Gasteiger partial charge in [-0.15, -0.1) is 10.2 Å². The largest absolute Gasteiger partial charge is 0.378 e. The van der Waals surface area contributed by atoms with E-state index in [9.17, 15) is 4.39 Å². The Bertz CT molecular complexity index is 660. The van der Waals surface area contributed by atoms with Gasteiger partial charge in [0.25, 0.3) is 0 Å². The van der Waals surface area contributed by atoms with Gasteiger partial charge in [-0.1, -0.05) is 29.4 Å². The summed E-state index contributed by atoms with van der Waals surface area (Å²) in [6.45, 7) is 3.06. The van der Waals surface area contributed by atoms with Crippen molar-refractivity contribution in [1.29, 1.82) is 0 Å². The molecule has 1 saturated heterocycles. The maximum Gasteiger partial charge on any atom is 0.227 e. The first-order valence-corrected chi connectivity index (χ1v) is 8.30. The van der Waals surface area contributed by atoms with Crippen LogP contribution in [-0.4, -0.2) is 41.1 Å². The van der Waals surface area contributed by atoms with E-state index in [2.05, 4.69) is 15.1 Å². The fraction of sp³-hybridized carbons (Fsp3) is 0.429. The van der Waals surface area contributed by atoms with Gasteiger partial charge in [-0.3, -0.25) is 4.57 Å². The van der Waals surface area contributed by atoms with Crippen molar-refractivity contribution in [3.8, 4) is 0 Å². The van der Waals surface area contributed by atoms with E-state index >= 15 is 0 Å². The second-order valence-electron chi connectivity index (χ2n) is 4.97. The molecule has 1 aliphatic rings. The Morgan fingerprint density at radius 2 is 2.09 bits per heavy atom. The minimum absolute atomic E-state index is 0.327. The van der Waals surface area contributed by atoms with Crippen molar-refractivity contribution < 1.29 is 9.13 Å². The van der Waals surface area contributed by atoms with E-state index in [1.54, 1.807) is 6.07 Å². The lowest BCUT2D eigenvalue weighted by Gasteiger charge is -2.27. The number of thioether (sulfide) groups is 1. The molecule has 0 radical (unpaired) electrons. The summed E-state index contributed by atoms with van der Waals surface area (Å²) in [4.78, 5) is 2.16. The Morgan fingerprint density at radius 1 is 1.32 bits per heavy atom. The standard InChI is InChI=1S/C14H16ClFN4OS/c1-19-13(20-4-6-21-7-5-20)17-18-14(19)22-9-10-2-3-11(16)8-12(10)15/h2-3,8H,4-7,9H2,1H3. The van der Waals surface area contributed by atoms with Crippen LogP contribution >= 0.6 is 23.4 Å². The molecular formula is C14H16ClFN4OS. The molecule has 118 valence electrons. The van der Waals surface area contributed by atoms with Gasteiger partial charge in [0.05, 0.1) is 13.2 Å². The maximum absolute atomic E-state index is 13.1. The molecule has 0 unspecified atom stereocenters. The predicted molar refractivity (Wildman–Crippen MR) is 85.0 cm³/mol. The van der Waals surface area contributed by atoms with Gasteiger partial charge in [0.2, 0.25) is 5.95 Å². The molecule has 0 aliphatic carbocycles. The van der Waals surface area contributed by atoms with Crippen LogP contribution in [0.1, 0.15) is 5.56 Å². The highest BCUT2D eigenvalue weighted by Gasteiger charge is 2.18. The van der Waals surface area contributed by atoms with Crippen molar-refractivity contribution in [3.63, 3.8) is 0 Å². The lowest BCUT2D eigenvalue weighted by molar-refractivity contribution is 0.121. The highest BCUT2D eigenvalue weighted by molar-refractivity contribution is 7.98. The van der Waals surface area contributed by atoms with E-state index in [4.69, 9.17) is 16.3 Å². The predicted octanol–water partition coefficient (Wildman–Crippen LogP) is 2.74. The Balaban J connectivity index is 1.69. The first-order valence-electron chi connectivity index (χ1n) is 6.94. The van der Waals surface area contributed by atoms with E-state index in [-0.39, 0.29) is 5.82 Å². The molecule has 0 amide bonds. The van der Waals surface area contributed by atoms with Gasteiger partial charge in [-0.05, 0) is 17.7 Å². The Morgan fingerprint density at radius 3 is 2.82 bits per heavy atom. The zero-order valence-corrected chi connectivity index (χ0v) is 13.7. The highest BCUT2D eigenvalue weighted by atomic mass is 35.5. The SMILES string of the molecule is Cn1c(SCc2ccc(F)cc2Cl)nnc1N1CCOCC1. The lowest BCUT2D eigenvalue weighted by atomic mass is 10.2.